The summed E-state index contributed by atoms with van der Waals surface area (Å²) in [6.45, 7) is 0. The number of halogens is 1. The van der Waals surface area contributed by atoms with E-state index in [0.717, 1.165) is 0 Å². The molecule has 1 heterocycles. The van der Waals surface area contributed by atoms with Crippen molar-refractivity contribution >= 4 is 17.5 Å². The Morgan fingerprint density at radius 2 is 2.10 bits per heavy atom. The van der Waals surface area contributed by atoms with Crippen LogP contribution in [0.5, 0.6) is 0 Å². The van der Waals surface area contributed by atoms with Gasteiger partial charge in [0.2, 0.25) is 17.1 Å². The molecule has 6 heteroatoms. The number of nitrogen functional groups attached to an aromatic ring is 1. The van der Waals surface area contributed by atoms with Gasteiger partial charge < -0.3 is 5.73 Å². The van der Waals surface area contributed by atoms with Crippen molar-refractivity contribution < 1.29 is 0 Å². The lowest BCUT2D eigenvalue weighted by atomic mass is 10.7. The van der Waals surface area contributed by atoms with Crippen LogP contribution in [0.15, 0.2) is 0 Å². The van der Waals surface area contributed by atoms with Crippen LogP contribution in [-0.2, 0) is 0 Å². The monoisotopic (exact) mass is 155 g/mol. The standard InChI is InChI=1S/C4H2ClN5/c5-3-8-2(1-6)9-4(7)10-3/h(H2,7,8,9,10). The summed E-state index contributed by atoms with van der Waals surface area (Å²) in [5.74, 6) is -0.117. The summed E-state index contributed by atoms with van der Waals surface area (Å²) < 4.78 is 0. The maximum absolute atomic E-state index is 8.27. The zero-order valence-electron chi connectivity index (χ0n) is 4.74. The van der Waals surface area contributed by atoms with Gasteiger partial charge in [-0.1, -0.05) is 0 Å². The quantitative estimate of drug-likeness (QED) is 0.569. The predicted octanol–water partition coefficient (Wildman–Crippen LogP) is -0.0211. The minimum atomic E-state index is -0.0718. The number of hydrogen-bond acceptors (Lipinski definition) is 5. The molecule has 0 amide bonds. The molecule has 0 spiro atoms. The van der Waals surface area contributed by atoms with Crippen LogP contribution in [0.4, 0.5) is 5.95 Å². The molecule has 5 nitrogen and oxygen atoms in total. The van der Waals surface area contributed by atoms with Crippen LogP contribution >= 0.6 is 11.6 Å². The van der Waals surface area contributed by atoms with Gasteiger partial charge >= 0.3 is 0 Å². The van der Waals surface area contributed by atoms with Crippen LogP contribution in [0.3, 0.4) is 0 Å². The zero-order valence-corrected chi connectivity index (χ0v) is 5.50. The van der Waals surface area contributed by atoms with Crippen molar-refractivity contribution in [2.45, 2.75) is 0 Å². The molecule has 0 aliphatic heterocycles. The smallest absolute Gasteiger partial charge is 0.238 e. The van der Waals surface area contributed by atoms with Gasteiger partial charge in [0.25, 0.3) is 0 Å². The van der Waals surface area contributed by atoms with E-state index in [9.17, 15) is 0 Å². The van der Waals surface area contributed by atoms with E-state index in [1.165, 1.54) is 0 Å². The Morgan fingerprint density at radius 1 is 1.40 bits per heavy atom. The van der Waals surface area contributed by atoms with Gasteiger partial charge in [0.15, 0.2) is 0 Å². The Bertz CT molecular complexity index is 270. The number of nitrogens with two attached hydrogens (primary N) is 1. The van der Waals surface area contributed by atoms with Crippen LogP contribution in [0.2, 0.25) is 5.28 Å². The molecule has 0 fully saturated rings. The third-order valence-corrected chi connectivity index (χ3v) is 0.894. The molecule has 0 aromatic carbocycles. The second-order valence-corrected chi connectivity index (χ2v) is 1.74. The van der Waals surface area contributed by atoms with Crippen molar-refractivity contribution in [2.75, 3.05) is 5.73 Å². The van der Waals surface area contributed by atoms with Crippen molar-refractivity contribution in [1.29, 1.82) is 5.26 Å². The van der Waals surface area contributed by atoms with E-state index in [4.69, 9.17) is 22.6 Å². The Labute approximate surface area is 61.5 Å². The van der Waals surface area contributed by atoms with Gasteiger partial charge in [0.05, 0.1) is 0 Å². The third kappa shape index (κ3) is 1.30. The minimum Gasteiger partial charge on any atom is -0.368 e. The maximum Gasteiger partial charge on any atom is 0.238 e. The second-order valence-electron chi connectivity index (χ2n) is 1.40. The van der Waals surface area contributed by atoms with Gasteiger partial charge in [0.1, 0.15) is 6.07 Å². The SMILES string of the molecule is N#Cc1nc(N)nc(Cl)n1. The number of rotatable bonds is 0. The molecule has 10 heavy (non-hydrogen) atoms. The molecular formula is C4H2ClN5. The first-order chi connectivity index (χ1) is 4.72. The third-order valence-electron chi connectivity index (χ3n) is 0.725. The lowest BCUT2D eigenvalue weighted by Gasteiger charge is -1.90. The number of anilines is 1. The highest BCUT2D eigenvalue weighted by molar-refractivity contribution is 6.28. The van der Waals surface area contributed by atoms with E-state index in [-0.39, 0.29) is 17.1 Å². The van der Waals surface area contributed by atoms with E-state index in [1.807, 2.05) is 0 Å². The van der Waals surface area contributed by atoms with Crippen LogP contribution in [0, 0.1) is 11.3 Å². The molecule has 2 N–H and O–H groups in total. The second kappa shape index (κ2) is 2.45. The molecule has 1 aromatic heterocycles. The van der Waals surface area contributed by atoms with E-state index >= 15 is 0 Å². The summed E-state index contributed by atoms with van der Waals surface area (Å²) in [5.41, 5.74) is 5.14. The first-order valence-electron chi connectivity index (χ1n) is 2.29. The van der Waals surface area contributed by atoms with Gasteiger partial charge in [-0.05, 0) is 11.6 Å². The van der Waals surface area contributed by atoms with Gasteiger partial charge in [-0.25, -0.2) is 0 Å². The van der Waals surface area contributed by atoms with Gasteiger partial charge in [-0.3, -0.25) is 0 Å². The number of nitriles is 1. The van der Waals surface area contributed by atoms with Crippen molar-refractivity contribution in [3.8, 4) is 6.07 Å². The van der Waals surface area contributed by atoms with E-state index in [0.29, 0.717) is 0 Å². The Kier molecular flexibility index (Phi) is 1.65. The average Bonchev–Trinajstić information content (AvgIpc) is 1.85. The van der Waals surface area contributed by atoms with Crippen LogP contribution in [0.25, 0.3) is 0 Å². The van der Waals surface area contributed by atoms with Crippen LogP contribution < -0.4 is 5.73 Å². The molecule has 0 saturated carbocycles. The summed E-state index contributed by atoms with van der Waals surface area (Å²) in [4.78, 5) is 10.4. The highest BCUT2D eigenvalue weighted by Gasteiger charge is 1.98. The summed E-state index contributed by atoms with van der Waals surface area (Å²) >= 11 is 5.34. The first-order valence-corrected chi connectivity index (χ1v) is 2.67. The summed E-state index contributed by atoms with van der Waals surface area (Å²) in [6, 6.07) is 1.68. The fourth-order valence-electron chi connectivity index (χ4n) is 0.415. The molecule has 0 aliphatic carbocycles. The van der Waals surface area contributed by atoms with E-state index < -0.39 is 0 Å². The molecule has 0 saturated heterocycles. The molecule has 50 valence electrons. The Balaban J connectivity index is 3.22. The van der Waals surface area contributed by atoms with E-state index in [2.05, 4.69) is 15.0 Å². The normalized spacial score (nSPS) is 8.80. The number of nitrogens with zero attached hydrogens (tertiary/aromatic N) is 4. The summed E-state index contributed by atoms with van der Waals surface area (Å²) in [5, 5.41) is 8.20. The van der Waals surface area contributed by atoms with Crippen molar-refractivity contribution in [3.63, 3.8) is 0 Å². The maximum atomic E-state index is 8.27. The van der Waals surface area contributed by atoms with Gasteiger partial charge in [-0.15, -0.1) is 0 Å². The van der Waals surface area contributed by atoms with Crippen molar-refractivity contribution in [1.82, 2.24) is 15.0 Å². The minimum absolute atomic E-state index is 0.0449. The highest BCUT2D eigenvalue weighted by Crippen LogP contribution is 2.00. The van der Waals surface area contributed by atoms with Crippen molar-refractivity contribution in [2.24, 2.45) is 0 Å². The Hall–Kier alpha value is -1.41. The summed E-state index contributed by atoms with van der Waals surface area (Å²) in [7, 11) is 0. The number of aromatic nitrogens is 3. The van der Waals surface area contributed by atoms with Gasteiger partial charge in [-0.2, -0.15) is 20.2 Å². The molecule has 0 bridgehead atoms. The first kappa shape index (κ1) is 6.71. The molecule has 0 atom stereocenters. The zero-order chi connectivity index (χ0) is 7.56. The lowest BCUT2D eigenvalue weighted by Crippen LogP contribution is -1.99. The van der Waals surface area contributed by atoms with Crippen LogP contribution in [0.1, 0.15) is 5.82 Å². The molecule has 0 radical (unpaired) electrons. The topological polar surface area (TPSA) is 88.5 Å². The average molecular weight is 156 g/mol. The van der Waals surface area contributed by atoms with E-state index in [1.54, 1.807) is 6.07 Å². The molecular weight excluding hydrogens is 154 g/mol. The largest absolute Gasteiger partial charge is 0.368 e. The Morgan fingerprint density at radius 3 is 2.60 bits per heavy atom. The molecule has 1 rings (SSSR count). The fraction of sp³-hybridized carbons (Fsp3) is 0. The predicted molar refractivity (Wildman–Crippen MR) is 34.0 cm³/mol. The summed E-state index contributed by atoms with van der Waals surface area (Å²) in [6.07, 6.45) is 0. The van der Waals surface area contributed by atoms with Gasteiger partial charge in [0, 0.05) is 0 Å². The lowest BCUT2D eigenvalue weighted by molar-refractivity contribution is 1.03. The fourth-order valence-corrected chi connectivity index (χ4v) is 0.582. The number of hydrogen-bond donors (Lipinski definition) is 1. The molecule has 0 aliphatic rings. The molecule has 1 aromatic rings. The highest BCUT2D eigenvalue weighted by atomic mass is 35.5. The van der Waals surface area contributed by atoms with Crippen LogP contribution in [-0.4, -0.2) is 15.0 Å². The molecule has 0 unspecified atom stereocenters. The van der Waals surface area contributed by atoms with Crippen molar-refractivity contribution in [3.05, 3.63) is 11.1 Å².